The number of esters is 1. The average molecular weight is 373 g/mol. The van der Waals surface area contributed by atoms with Gasteiger partial charge in [0.05, 0.1) is 14.2 Å². The summed E-state index contributed by atoms with van der Waals surface area (Å²) in [6, 6.07) is 12.3. The van der Waals surface area contributed by atoms with Crippen LogP contribution in [0.4, 0.5) is 0 Å². The Morgan fingerprint density at radius 1 is 0.963 bits per heavy atom. The molecule has 0 aliphatic carbocycles. The van der Waals surface area contributed by atoms with Crippen LogP contribution >= 0.6 is 0 Å². The van der Waals surface area contributed by atoms with Gasteiger partial charge in [-0.25, -0.2) is 0 Å². The van der Waals surface area contributed by atoms with Gasteiger partial charge in [0.2, 0.25) is 0 Å². The number of aryl methyl sites for hydroxylation is 1. The normalized spacial score (nSPS) is 10.0. The first-order chi connectivity index (χ1) is 13.0. The summed E-state index contributed by atoms with van der Waals surface area (Å²) in [5, 5.41) is 2.50. The minimum absolute atomic E-state index is 0.0933. The molecule has 0 spiro atoms. The molecule has 2 aromatic rings. The summed E-state index contributed by atoms with van der Waals surface area (Å²) in [5.41, 5.74) is 1.33. The van der Waals surface area contributed by atoms with Crippen LogP contribution in [0.5, 0.6) is 17.2 Å². The van der Waals surface area contributed by atoms with E-state index in [4.69, 9.17) is 18.9 Å². The van der Waals surface area contributed by atoms with Crippen molar-refractivity contribution in [2.24, 2.45) is 0 Å². The number of rotatable bonds is 9. The lowest BCUT2D eigenvalue weighted by Crippen LogP contribution is -2.31. The van der Waals surface area contributed by atoms with E-state index in [1.54, 1.807) is 18.2 Å². The fraction of sp³-hybridized carbons (Fsp3) is 0.300. The van der Waals surface area contributed by atoms with Crippen LogP contribution in [0, 0.1) is 6.92 Å². The number of benzene rings is 2. The Morgan fingerprint density at radius 2 is 1.63 bits per heavy atom. The quantitative estimate of drug-likeness (QED) is 0.537. The van der Waals surface area contributed by atoms with E-state index in [1.165, 1.54) is 14.2 Å². The Kier molecular flexibility index (Phi) is 7.49. The molecule has 7 nitrogen and oxygen atoms in total. The van der Waals surface area contributed by atoms with E-state index in [-0.39, 0.29) is 19.8 Å². The fourth-order valence-electron chi connectivity index (χ4n) is 2.27. The van der Waals surface area contributed by atoms with E-state index >= 15 is 0 Å². The van der Waals surface area contributed by atoms with Gasteiger partial charge in [-0.1, -0.05) is 18.2 Å². The van der Waals surface area contributed by atoms with Crippen molar-refractivity contribution in [3.63, 3.8) is 0 Å². The molecule has 0 atom stereocenters. The molecule has 0 fully saturated rings. The SMILES string of the molecule is COc1cc(OC)cc(C(=O)NCC(=O)OCCOc2ccccc2C)c1. The van der Waals surface area contributed by atoms with Gasteiger partial charge in [-0.3, -0.25) is 9.59 Å². The van der Waals surface area contributed by atoms with Crippen molar-refractivity contribution in [1.29, 1.82) is 0 Å². The lowest BCUT2D eigenvalue weighted by atomic mass is 10.2. The highest BCUT2D eigenvalue weighted by Gasteiger charge is 2.12. The Balaban J connectivity index is 1.75. The largest absolute Gasteiger partial charge is 0.497 e. The van der Waals surface area contributed by atoms with Gasteiger partial charge in [0, 0.05) is 11.6 Å². The molecule has 1 amide bonds. The van der Waals surface area contributed by atoms with Crippen molar-refractivity contribution in [3.05, 3.63) is 53.6 Å². The second-order valence-corrected chi connectivity index (χ2v) is 5.62. The molecule has 0 aliphatic heterocycles. The zero-order valence-corrected chi connectivity index (χ0v) is 15.6. The summed E-state index contributed by atoms with van der Waals surface area (Å²) in [7, 11) is 2.99. The molecular formula is C20H23NO6. The molecule has 0 radical (unpaired) electrons. The van der Waals surface area contributed by atoms with Crippen molar-refractivity contribution < 1.29 is 28.5 Å². The van der Waals surface area contributed by atoms with E-state index < -0.39 is 11.9 Å². The fourth-order valence-corrected chi connectivity index (χ4v) is 2.27. The van der Waals surface area contributed by atoms with Crippen molar-refractivity contribution in [2.45, 2.75) is 6.92 Å². The van der Waals surface area contributed by atoms with Crippen LogP contribution in [0.3, 0.4) is 0 Å². The highest BCUT2D eigenvalue weighted by Crippen LogP contribution is 2.22. The lowest BCUT2D eigenvalue weighted by Gasteiger charge is -2.10. The highest BCUT2D eigenvalue weighted by atomic mass is 16.6. The number of methoxy groups -OCH3 is 2. The third kappa shape index (κ3) is 6.22. The van der Waals surface area contributed by atoms with Crippen molar-refractivity contribution in [3.8, 4) is 17.2 Å². The second-order valence-electron chi connectivity index (χ2n) is 5.62. The number of carbonyl (C=O) groups excluding carboxylic acids is 2. The first-order valence-electron chi connectivity index (χ1n) is 8.39. The molecule has 0 unspecified atom stereocenters. The summed E-state index contributed by atoms with van der Waals surface area (Å²) >= 11 is 0. The minimum Gasteiger partial charge on any atom is -0.497 e. The third-order valence-corrected chi connectivity index (χ3v) is 3.70. The molecule has 144 valence electrons. The standard InChI is InChI=1S/C20H23NO6/c1-14-6-4-5-7-18(14)26-8-9-27-19(22)13-21-20(23)15-10-16(24-2)12-17(11-15)25-3/h4-7,10-12H,8-9,13H2,1-3H3,(H,21,23). The van der Waals surface area contributed by atoms with Crippen LogP contribution in [0.2, 0.25) is 0 Å². The van der Waals surface area contributed by atoms with Gasteiger partial charge in [-0.05, 0) is 30.7 Å². The molecule has 0 bridgehead atoms. The molecule has 0 aromatic heterocycles. The molecule has 1 N–H and O–H groups in total. The van der Waals surface area contributed by atoms with Crippen LogP contribution in [-0.2, 0) is 9.53 Å². The van der Waals surface area contributed by atoms with Gasteiger partial charge >= 0.3 is 5.97 Å². The number of amides is 1. The summed E-state index contributed by atoms with van der Waals surface area (Å²) in [6.07, 6.45) is 0. The predicted molar refractivity (Wildman–Crippen MR) is 99.5 cm³/mol. The van der Waals surface area contributed by atoms with Crippen molar-refractivity contribution >= 4 is 11.9 Å². The van der Waals surface area contributed by atoms with E-state index in [9.17, 15) is 9.59 Å². The summed E-state index contributed by atoms with van der Waals surface area (Å²) in [5.74, 6) is 0.728. The molecule has 0 aliphatic rings. The molecule has 0 heterocycles. The molecule has 0 saturated heterocycles. The zero-order chi connectivity index (χ0) is 19.6. The maximum Gasteiger partial charge on any atom is 0.325 e. The summed E-state index contributed by atoms with van der Waals surface area (Å²) in [4.78, 5) is 23.9. The number of hydrogen-bond acceptors (Lipinski definition) is 6. The Hall–Kier alpha value is -3.22. The average Bonchev–Trinajstić information content (AvgIpc) is 2.70. The van der Waals surface area contributed by atoms with Gasteiger partial charge < -0.3 is 24.3 Å². The van der Waals surface area contributed by atoms with Crippen molar-refractivity contribution in [1.82, 2.24) is 5.32 Å². The maximum atomic E-state index is 12.2. The van der Waals surface area contributed by atoms with E-state index in [0.717, 1.165) is 11.3 Å². The van der Waals surface area contributed by atoms with Gasteiger partial charge in [0.15, 0.2) is 0 Å². The monoisotopic (exact) mass is 373 g/mol. The Morgan fingerprint density at radius 3 is 2.26 bits per heavy atom. The number of ether oxygens (including phenoxy) is 4. The first kappa shape index (κ1) is 20.1. The topological polar surface area (TPSA) is 83.1 Å². The van der Waals surface area contributed by atoms with Crippen LogP contribution in [0.15, 0.2) is 42.5 Å². The van der Waals surface area contributed by atoms with Gasteiger partial charge in [0.25, 0.3) is 5.91 Å². The summed E-state index contributed by atoms with van der Waals surface area (Å²) < 4.78 is 20.8. The maximum absolute atomic E-state index is 12.2. The number of carbonyl (C=O) groups is 2. The lowest BCUT2D eigenvalue weighted by molar-refractivity contribution is -0.143. The minimum atomic E-state index is -0.549. The Bertz CT molecular complexity index is 768. The molecular weight excluding hydrogens is 350 g/mol. The number of para-hydroxylation sites is 1. The highest BCUT2D eigenvalue weighted by molar-refractivity contribution is 5.96. The van der Waals surface area contributed by atoms with Crippen LogP contribution in [0.1, 0.15) is 15.9 Å². The molecule has 27 heavy (non-hydrogen) atoms. The third-order valence-electron chi connectivity index (χ3n) is 3.70. The molecule has 0 saturated carbocycles. The van der Waals surface area contributed by atoms with E-state index in [0.29, 0.717) is 17.1 Å². The molecule has 7 heteroatoms. The number of hydrogen-bond donors (Lipinski definition) is 1. The first-order valence-corrected chi connectivity index (χ1v) is 8.39. The summed E-state index contributed by atoms with van der Waals surface area (Å²) in [6.45, 7) is 2.01. The van der Waals surface area contributed by atoms with Gasteiger partial charge in [0.1, 0.15) is 37.0 Å². The van der Waals surface area contributed by atoms with Crippen LogP contribution < -0.4 is 19.5 Å². The predicted octanol–water partition coefficient (Wildman–Crippen LogP) is 2.36. The number of nitrogens with one attached hydrogen (secondary N) is 1. The second kappa shape index (κ2) is 10.1. The van der Waals surface area contributed by atoms with Crippen LogP contribution in [0.25, 0.3) is 0 Å². The smallest absolute Gasteiger partial charge is 0.325 e. The van der Waals surface area contributed by atoms with Gasteiger partial charge in [-0.15, -0.1) is 0 Å². The van der Waals surface area contributed by atoms with Gasteiger partial charge in [-0.2, -0.15) is 0 Å². The van der Waals surface area contributed by atoms with Crippen molar-refractivity contribution in [2.75, 3.05) is 34.0 Å². The van der Waals surface area contributed by atoms with E-state index in [2.05, 4.69) is 5.32 Å². The zero-order valence-electron chi connectivity index (χ0n) is 15.6. The molecule has 2 aromatic carbocycles. The van der Waals surface area contributed by atoms with E-state index in [1.807, 2.05) is 31.2 Å². The van der Waals surface area contributed by atoms with Crippen LogP contribution in [-0.4, -0.2) is 45.9 Å². The molecule has 2 rings (SSSR count). The Labute approximate surface area is 158 Å².